The first kappa shape index (κ1) is 18.0. The van der Waals surface area contributed by atoms with Gasteiger partial charge in [-0.05, 0) is 32.0 Å². The highest BCUT2D eigenvalue weighted by Crippen LogP contribution is 2.32. The summed E-state index contributed by atoms with van der Waals surface area (Å²) in [5, 5.41) is 10.8. The molecule has 0 radical (unpaired) electrons. The Morgan fingerprint density at radius 1 is 0.964 bits per heavy atom. The number of fused-ring (bicyclic) bond motifs is 1. The maximum Gasteiger partial charge on any atom is 0.120 e. The Hall–Kier alpha value is -3.42. The third-order valence-corrected chi connectivity index (χ3v) is 4.45. The average molecular weight is 367 g/mol. The zero-order chi connectivity index (χ0) is 19.7. The summed E-state index contributed by atoms with van der Waals surface area (Å²) in [5.74, 6) is 5.84. The van der Waals surface area contributed by atoms with Crippen molar-refractivity contribution in [2.45, 2.75) is 19.4 Å². The van der Waals surface area contributed by atoms with Gasteiger partial charge in [0, 0.05) is 35.3 Å². The molecule has 0 atom stereocenters. The molecule has 0 aliphatic rings. The van der Waals surface area contributed by atoms with Crippen molar-refractivity contribution in [1.82, 2.24) is 14.5 Å². The fraction of sp³-hybridized carbons (Fsp3) is 0.167. The van der Waals surface area contributed by atoms with Gasteiger partial charge in [-0.3, -0.25) is 4.98 Å². The number of aliphatic hydroxyl groups is 1. The van der Waals surface area contributed by atoms with Crippen molar-refractivity contribution in [3.05, 3.63) is 72.7 Å². The van der Waals surface area contributed by atoms with Crippen LogP contribution in [0.15, 0.2) is 67.1 Å². The van der Waals surface area contributed by atoms with Crippen molar-refractivity contribution in [2.75, 3.05) is 0 Å². The average Bonchev–Trinajstić information content (AvgIpc) is 3.07. The summed E-state index contributed by atoms with van der Waals surface area (Å²) in [5.41, 5.74) is 4.81. The van der Waals surface area contributed by atoms with Gasteiger partial charge in [0.1, 0.15) is 5.60 Å². The molecule has 0 amide bonds. The van der Waals surface area contributed by atoms with Crippen LogP contribution in [0.2, 0.25) is 0 Å². The molecule has 4 rings (SSSR count). The van der Waals surface area contributed by atoms with Crippen molar-refractivity contribution in [1.29, 1.82) is 0 Å². The number of nitrogens with zero attached hydrogens (tertiary/aromatic N) is 3. The van der Waals surface area contributed by atoms with Crippen LogP contribution in [0.25, 0.3) is 33.4 Å². The van der Waals surface area contributed by atoms with E-state index < -0.39 is 5.60 Å². The van der Waals surface area contributed by atoms with E-state index in [-0.39, 0.29) is 0 Å². The van der Waals surface area contributed by atoms with E-state index in [1.54, 1.807) is 20.0 Å². The zero-order valence-corrected chi connectivity index (χ0v) is 16.1. The lowest BCUT2D eigenvalue weighted by atomic mass is 10.0. The minimum atomic E-state index is -1.03. The van der Waals surface area contributed by atoms with Gasteiger partial charge in [0.05, 0.1) is 23.2 Å². The Balaban J connectivity index is 1.82. The van der Waals surface area contributed by atoms with E-state index in [2.05, 4.69) is 46.1 Å². The summed E-state index contributed by atoms with van der Waals surface area (Å²) in [6, 6.07) is 18.4. The predicted octanol–water partition coefficient (Wildman–Crippen LogP) is 4.42. The van der Waals surface area contributed by atoms with Crippen molar-refractivity contribution in [3.63, 3.8) is 0 Å². The van der Waals surface area contributed by atoms with Gasteiger partial charge in [-0.2, -0.15) is 0 Å². The number of hydrogen-bond donors (Lipinski definition) is 1. The van der Waals surface area contributed by atoms with Gasteiger partial charge >= 0.3 is 0 Å². The third kappa shape index (κ3) is 3.66. The molecule has 2 heterocycles. The molecule has 0 fully saturated rings. The van der Waals surface area contributed by atoms with Crippen LogP contribution in [0.3, 0.4) is 0 Å². The highest BCUT2D eigenvalue weighted by Gasteiger charge is 2.14. The number of rotatable bonds is 2. The smallest absolute Gasteiger partial charge is 0.120 e. The van der Waals surface area contributed by atoms with E-state index in [1.165, 1.54) is 0 Å². The Morgan fingerprint density at radius 2 is 1.75 bits per heavy atom. The molecule has 0 saturated carbocycles. The molecule has 0 unspecified atom stereocenters. The molecule has 2 aromatic carbocycles. The largest absolute Gasteiger partial charge is 0.378 e. The maximum atomic E-state index is 9.83. The summed E-state index contributed by atoms with van der Waals surface area (Å²) in [7, 11) is 2.00. The Labute approximate surface area is 164 Å². The lowest BCUT2D eigenvalue weighted by molar-refractivity contribution is 0.143. The SMILES string of the molecule is Cn1cnc(-c2ccccc2)c1-c1ccc2ncc(C#CC(C)(C)O)cc2c1. The van der Waals surface area contributed by atoms with Crippen molar-refractivity contribution in [2.24, 2.45) is 7.05 Å². The van der Waals surface area contributed by atoms with E-state index >= 15 is 0 Å². The van der Waals surface area contributed by atoms with Crippen LogP contribution >= 0.6 is 0 Å². The topological polar surface area (TPSA) is 50.9 Å². The highest BCUT2D eigenvalue weighted by molar-refractivity contribution is 5.88. The molecule has 0 aliphatic carbocycles. The van der Waals surface area contributed by atoms with Crippen LogP contribution in [-0.2, 0) is 7.05 Å². The first-order chi connectivity index (χ1) is 13.4. The summed E-state index contributed by atoms with van der Waals surface area (Å²) in [6.45, 7) is 3.33. The molecule has 138 valence electrons. The van der Waals surface area contributed by atoms with Crippen molar-refractivity contribution < 1.29 is 5.11 Å². The molecule has 0 saturated heterocycles. The van der Waals surface area contributed by atoms with E-state index in [4.69, 9.17) is 0 Å². The van der Waals surface area contributed by atoms with Gasteiger partial charge < -0.3 is 9.67 Å². The summed E-state index contributed by atoms with van der Waals surface area (Å²) in [6.07, 6.45) is 3.57. The normalized spacial score (nSPS) is 11.3. The highest BCUT2D eigenvalue weighted by atomic mass is 16.3. The van der Waals surface area contributed by atoms with Crippen molar-refractivity contribution in [3.8, 4) is 34.4 Å². The van der Waals surface area contributed by atoms with Gasteiger partial charge in [0.2, 0.25) is 0 Å². The van der Waals surface area contributed by atoms with Crippen LogP contribution in [0, 0.1) is 11.8 Å². The van der Waals surface area contributed by atoms with Gasteiger partial charge in [0.25, 0.3) is 0 Å². The second kappa shape index (κ2) is 6.95. The molecule has 4 heteroatoms. The number of imidazole rings is 1. The molecule has 28 heavy (non-hydrogen) atoms. The summed E-state index contributed by atoms with van der Waals surface area (Å²) in [4.78, 5) is 9.11. The quantitative estimate of drug-likeness (QED) is 0.534. The standard InChI is InChI=1S/C24H21N3O/c1-24(2,28)12-11-17-13-20-14-19(9-10-21(20)25-15-17)23-22(26-16-27(23)3)18-7-5-4-6-8-18/h4-10,13-16,28H,1-3H3. The van der Waals surface area contributed by atoms with Crippen LogP contribution < -0.4 is 0 Å². The van der Waals surface area contributed by atoms with Gasteiger partial charge in [-0.25, -0.2) is 4.98 Å². The van der Waals surface area contributed by atoms with Gasteiger partial charge in [-0.1, -0.05) is 48.2 Å². The molecule has 0 bridgehead atoms. The number of aryl methyl sites for hydroxylation is 1. The monoisotopic (exact) mass is 367 g/mol. The first-order valence-corrected chi connectivity index (χ1v) is 9.13. The van der Waals surface area contributed by atoms with Gasteiger partial charge in [-0.15, -0.1) is 0 Å². The Morgan fingerprint density at radius 3 is 2.50 bits per heavy atom. The number of benzene rings is 2. The lowest BCUT2D eigenvalue weighted by Gasteiger charge is -2.09. The predicted molar refractivity (Wildman–Crippen MR) is 113 cm³/mol. The number of pyridine rings is 1. The lowest BCUT2D eigenvalue weighted by Crippen LogP contribution is -2.14. The minimum absolute atomic E-state index is 0.778. The zero-order valence-electron chi connectivity index (χ0n) is 16.1. The van der Waals surface area contributed by atoms with Crippen molar-refractivity contribution >= 4 is 10.9 Å². The molecule has 0 spiro atoms. The van der Waals surface area contributed by atoms with Crippen LogP contribution in [-0.4, -0.2) is 25.2 Å². The van der Waals surface area contributed by atoms with E-state index in [9.17, 15) is 5.11 Å². The summed E-state index contributed by atoms with van der Waals surface area (Å²) >= 11 is 0. The fourth-order valence-corrected chi connectivity index (χ4v) is 3.15. The molecule has 4 nitrogen and oxygen atoms in total. The maximum absolute atomic E-state index is 9.83. The number of aromatic nitrogens is 3. The van der Waals surface area contributed by atoms with Crippen LogP contribution in [0.5, 0.6) is 0 Å². The van der Waals surface area contributed by atoms with Crippen LogP contribution in [0.1, 0.15) is 19.4 Å². The van der Waals surface area contributed by atoms with Gasteiger partial charge in [0.15, 0.2) is 0 Å². The molecular weight excluding hydrogens is 346 g/mol. The molecule has 2 aromatic heterocycles. The molecule has 0 aliphatic heterocycles. The van der Waals surface area contributed by atoms with E-state index in [1.807, 2.05) is 48.3 Å². The molecule has 4 aromatic rings. The third-order valence-electron chi connectivity index (χ3n) is 4.45. The summed E-state index contributed by atoms with van der Waals surface area (Å²) < 4.78 is 2.04. The van der Waals surface area contributed by atoms with Crippen LogP contribution in [0.4, 0.5) is 0 Å². The van der Waals surface area contributed by atoms with E-state index in [0.29, 0.717) is 0 Å². The molecule has 1 N–H and O–H groups in total. The molecular formula is C24H21N3O. The second-order valence-corrected chi connectivity index (χ2v) is 7.36. The fourth-order valence-electron chi connectivity index (χ4n) is 3.15. The van der Waals surface area contributed by atoms with E-state index in [0.717, 1.165) is 39.0 Å². The Kier molecular flexibility index (Phi) is 4.46. The minimum Gasteiger partial charge on any atom is -0.378 e. The Bertz CT molecular complexity index is 1210. The second-order valence-electron chi connectivity index (χ2n) is 7.36. The number of hydrogen-bond acceptors (Lipinski definition) is 3. The first-order valence-electron chi connectivity index (χ1n) is 9.13.